The molecular weight excluding hydrogens is 586 g/mol. The molecule has 13 nitrogen and oxygen atoms in total. The number of aromatic nitrogens is 2. The lowest BCUT2D eigenvalue weighted by atomic mass is 10.1. The van der Waals surface area contributed by atoms with Gasteiger partial charge in [-0.25, -0.2) is 4.98 Å². The van der Waals surface area contributed by atoms with Crippen molar-refractivity contribution in [1.29, 1.82) is 0 Å². The van der Waals surface area contributed by atoms with Crippen LogP contribution in [0.2, 0.25) is 0 Å². The van der Waals surface area contributed by atoms with Crippen LogP contribution in [0, 0.1) is 0 Å². The van der Waals surface area contributed by atoms with Crippen molar-refractivity contribution in [3.8, 4) is 0 Å². The average molecular weight is 630 g/mol. The molecule has 3 aromatic rings. The summed E-state index contributed by atoms with van der Waals surface area (Å²) in [5.41, 5.74) is 7.34. The van der Waals surface area contributed by atoms with E-state index in [0.717, 1.165) is 6.42 Å². The van der Waals surface area contributed by atoms with Gasteiger partial charge in [-0.3, -0.25) is 19.2 Å². The Balaban J connectivity index is 1.66. The molecule has 0 aliphatic rings. The van der Waals surface area contributed by atoms with Crippen LogP contribution in [0.1, 0.15) is 61.8 Å². The predicted octanol–water partition coefficient (Wildman–Crippen LogP) is 4.12. The highest BCUT2D eigenvalue weighted by Crippen LogP contribution is 2.21. The lowest BCUT2D eigenvalue weighted by Gasteiger charge is -2.23. The number of hydrogen-bond donors (Lipinski definition) is 6. The average Bonchev–Trinajstić information content (AvgIpc) is 3.01. The van der Waals surface area contributed by atoms with Crippen LogP contribution >= 0.6 is 0 Å². The van der Waals surface area contributed by atoms with Gasteiger partial charge in [-0.1, -0.05) is 19.1 Å². The first-order valence-electron chi connectivity index (χ1n) is 15.0. The van der Waals surface area contributed by atoms with Crippen LogP contribution in [0.4, 0.5) is 28.8 Å². The number of amides is 4. The molecule has 3 rings (SSSR count). The topological polar surface area (TPSA) is 183 Å². The minimum Gasteiger partial charge on any atom is -0.369 e. The van der Waals surface area contributed by atoms with Crippen LogP contribution in [0.25, 0.3) is 0 Å². The molecule has 7 N–H and O–H groups in total. The van der Waals surface area contributed by atoms with E-state index in [1.165, 1.54) is 17.2 Å². The van der Waals surface area contributed by atoms with Gasteiger partial charge < -0.3 is 37.2 Å². The molecule has 1 atom stereocenters. The van der Waals surface area contributed by atoms with Crippen molar-refractivity contribution in [1.82, 2.24) is 20.2 Å². The van der Waals surface area contributed by atoms with Crippen molar-refractivity contribution >= 4 is 52.5 Å². The van der Waals surface area contributed by atoms with Crippen LogP contribution < -0.4 is 32.3 Å². The Morgan fingerprint density at radius 1 is 1.00 bits per heavy atom. The molecule has 0 unspecified atom stereocenters. The number of hydrogen-bond acceptors (Lipinski definition) is 9. The number of nitrogens with zero attached hydrogens (tertiary/aromatic N) is 3. The molecule has 2 aromatic carbocycles. The third kappa shape index (κ3) is 10.7. The highest BCUT2D eigenvalue weighted by molar-refractivity contribution is 6.08. The number of carbonyl (C=O) groups excluding carboxylic acids is 4. The molecule has 46 heavy (non-hydrogen) atoms. The third-order valence-corrected chi connectivity index (χ3v) is 6.71. The number of likely N-dealkylation sites (N-methyl/N-ethyl adjacent to an activating group) is 1. The Labute approximate surface area is 269 Å². The van der Waals surface area contributed by atoms with Crippen molar-refractivity contribution in [2.24, 2.45) is 5.73 Å². The number of benzene rings is 2. The van der Waals surface area contributed by atoms with Gasteiger partial charge in [0.15, 0.2) is 0 Å². The van der Waals surface area contributed by atoms with Crippen molar-refractivity contribution in [2.45, 2.75) is 52.6 Å². The predicted molar refractivity (Wildman–Crippen MR) is 181 cm³/mol. The Morgan fingerprint density at radius 3 is 2.30 bits per heavy atom. The first kappa shape index (κ1) is 35.2. The number of primary amides is 1. The summed E-state index contributed by atoms with van der Waals surface area (Å²) in [7, 11) is 1.57. The lowest BCUT2D eigenvalue weighted by Crippen LogP contribution is -2.42. The van der Waals surface area contributed by atoms with Crippen LogP contribution in [-0.4, -0.2) is 70.2 Å². The van der Waals surface area contributed by atoms with Gasteiger partial charge >= 0.3 is 0 Å². The fraction of sp³-hybridized carbons (Fsp3) is 0.333. The summed E-state index contributed by atoms with van der Waals surface area (Å²) in [6.45, 7) is 10.8. The number of nitrogens with one attached hydrogen (secondary N) is 5. The zero-order valence-electron chi connectivity index (χ0n) is 27.1. The van der Waals surface area contributed by atoms with Gasteiger partial charge in [0.05, 0.1) is 0 Å². The Bertz CT molecular complexity index is 1570. The Kier molecular flexibility index (Phi) is 12.3. The number of carbonyl (C=O) groups is 4. The van der Waals surface area contributed by atoms with Crippen LogP contribution in [0.3, 0.4) is 0 Å². The van der Waals surface area contributed by atoms with Gasteiger partial charge in [-0.15, -0.1) is 0 Å². The fourth-order valence-corrected chi connectivity index (χ4v) is 3.96. The van der Waals surface area contributed by atoms with Crippen molar-refractivity contribution in [3.63, 3.8) is 0 Å². The molecule has 0 spiro atoms. The summed E-state index contributed by atoms with van der Waals surface area (Å²) in [6, 6.07) is 12.5. The molecule has 1 heterocycles. The summed E-state index contributed by atoms with van der Waals surface area (Å²) in [5, 5.41) is 15.1. The van der Waals surface area contributed by atoms with E-state index < -0.39 is 17.9 Å². The fourth-order valence-electron chi connectivity index (χ4n) is 3.96. The molecule has 13 heteroatoms. The molecule has 244 valence electrons. The smallest absolute Gasteiger partial charge is 0.260 e. The number of anilines is 5. The first-order valence-corrected chi connectivity index (χ1v) is 15.0. The van der Waals surface area contributed by atoms with E-state index in [0.29, 0.717) is 41.5 Å². The molecule has 0 fully saturated rings. The zero-order valence-corrected chi connectivity index (χ0v) is 27.1. The maximum absolute atomic E-state index is 13.3. The molecule has 0 radical (unpaired) electrons. The normalized spacial score (nSPS) is 11.9. The maximum atomic E-state index is 13.3. The summed E-state index contributed by atoms with van der Waals surface area (Å²) < 4.78 is 0. The van der Waals surface area contributed by atoms with E-state index in [1.54, 1.807) is 68.6 Å². The first-order chi connectivity index (χ1) is 21.8. The molecular formula is C33H43N9O4. The van der Waals surface area contributed by atoms with E-state index >= 15 is 0 Å². The summed E-state index contributed by atoms with van der Waals surface area (Å²) in [4.78, 5) is 60.3. The van der Waals surface area contributed by atoms with Gasteiger partial charge in [-0.2, -0.15) is 4.98 Å². The van der Waals surface area contributed by atoms with E-state index in [-0.39, 0.29) is 28.9 Å². The summed E-state index contributed by atoms with van der Waals surface area (Å²) in [5.74, 6) is -1.07. The van der Waals surface area contributed by atoms with E-state index in [1.807, 2.05) is 27.7 Å². The summed E-state index contributed by atoms with van der Waals surface area (Å²) in [6.07, 6.45) is 5.38. The van der Waals surface area contributed by atoms with E-state index in [4.69, 9.17) is 5.73 Å². The van der Waals surface area contributed by atoms with Gasteiger partial charge in [0, 0.05) is 60.6 Å². The monoisotopic (exact) mass is 629 g/mol. The molecule has 0 saturated heterocycles. The standard InChI is InChI=1S/C33H43N9O4/c1-7-17-35-29-26(20-36-32(41-29)40-23-15-13-22(14-16-23)28(34)44)31(46)39-25-11-8-10-24(19-25)38-30(45)21(2)42(6)27(43)12-9-18-37-33(3,4)5/h8-16,19-21,37H,7,17-18H2,1-6H3,(H2,34,44)(H,38,45)(H,39,46)(H2,35,36,40,41)/b12-9+/t21-/m0/s1. The van der Waals surface area contributed by atoms with E-state index in [9.17, 15) is 19.2 Å². The molecule has 0 bridgehead atoms. The SMILES string of the molecule is CCCNc1nc(Nc2ccc(C(N)=O)cc2)ncc1C(=O)Nc1cccc(NC(=O)[C@H](C)N(C)C(=O)/C=C/CNC(C)(C)C)c1. The van der Waals surface area contributed by atoms with Crippen LogP contribution in [0.5, 0.6) is 0 Å². The Hall–Kier alpha value is -5.30. The quantitative estimate of drug-likeness (QED) is 0.143. The van der Waals surface area contributed by atoms with Crippen molar-refractivity contribution < 1.29 is 19.2 Å². The third-order valence-electron chi connectivity index (χ3n) is 6.71. The van der Waals surface area contributed by atoms with E-state index in [2.05, 4.69) is 36.6 Å². The second-order valence-corrected chi connectivity index (χ2v) is 11.6. The van der Waals surface area contributed by atoms with Crippen LogP contribution in [0.15, 0.2) is 66.9 Å². The second-order valence-electron chi connectivity index (χ2n) is 11.6. The molecule has 0 aliphatic heterocycles. The number of rotatable bonds is 14. The molecule has 4 amide bonds. The highest BCUT2D eigenvalue weighted by Gasteiger charge is 2.22. The van der Waals surface area contributed by atoms with Gasteiger partial charge in [0.1, 0.15) is 17.4 Å². The van der Waals surface area contributed by atoms with Crippen LogP contribution in [-0.2, 0) is 9.59 Å². The largest absolute Gasteiger partial charge is 0.369 e. The molecule has 0 saturated carbocycles. The van der Waals surface area contributed by atoms with Gasteiger partial charge in [0.25, 0.3) is 5.91 Å². The maximum Gasteiger partial charge on any atom is 0.260 e. The van der Waals surface area contributed by atoms with Crippen molar-refractivity contribution in [2.75, 3.05) is 41.4 Å². The molecule has 1 aromatic heterocycles. The minimum atomic E-state index is -0.747. The highest BCUT2D eigenvalue weighted by atomic mass is 16.2. The summed E-state index contributed by atoms with van der Waals surface area (Å²) >= 11 is 0. The molecule has 0 aliphatic carbocycles. The van der Waals surface area contributed by atoms with Gasteiger partial charge in [0.2, 0.25) is 23.7 Å². The lowest BCUT2D eigenvalue weighted by molar-refractivity contribution is -0.132. The van der Waals surface area contributed by atoms with Crippen molar-refractivity contribution in [3.05, 3.63) is 78.0 Å². The zero-order chi connectivity index (χ0) is 33.9. The van der Waals surface area contributed by atoms with Gasteiger partial charge in [-0.05, 0) is 76.6 Å². The Morgan fingerprint density at radius 2 is 1.67 bits per heavy atom. The minimum absolute atomic E-state index is 0.0751. The second kappa shape index (κ2) is 16.1. The number of nitrogens with two attached hydrogens (primary N) is 1.